The zero-order valence-electron chi connectivity index (χ0n) is 14.9. The molecule has 0 aliphatic rings. The van der Waals surface area contributed by atoms with Gasteiger partial charge in [-0.05, 0) is 31.0 Å². The largest absolute Gasteiger partial charge is 0.358 e. The van der Waals surface area contributed by atoms with Crippen LogP contribution in [0.3, 0.4) is 0 Å². The lowest BCUT2D eigenvalue weighted by Crippen LogP contribution is -2.29. The van der Waals surface area contributed by atoms with Crippen molar-refractivity contribution in [2.24, 2.45) is 0 Å². The molecule has 4 aromatic rings. The second kappa shape index (κ2) is 6.63. The van der Waals surface area contributed by atoms with Crippen LogP contribution < -0.4 is 5.32 Å². The van der Waals surface area contributed by atoms with Gasteiger partial charge in [-0.15, -0.1) is 0 Å². The standard InChI is InChI=1S/C20H21N5O/c1-3-16(18-12-25-10-6-9-21-20(25)24-18)23-19(26)11-15-13(2)22-17-8-5-4-7-14(15)17/h4-10,12,16,22H,3,11H2,1-2H3,(H,23,26)/t16-/m0/s1. The summed E-state index contributed by atoms with van der Waals surface area (Å²) < 4.78 is 1.87. The van der Waals surface area contributed by atoms with Crippen molar-refractivity contribution in [1.29, 1.82) is 0 Å². The van der Waals surface area contributed by atoms with Crippen LogP contribution in [-0.2, 0) is 11.2 Å². The highest BCUT2D eigenvalue weighted by Gasteiger charge is 2.18. The zero-order chi connectivity index (χ0) is 18.1. The maximum Gasteiger partial charge on any atom is 0.233 e. The van der Waals surface area contributed by atoms with Gasteiger partial charge in [0, 0.05) is 35.2 Å². The Morgan fingerprint density at radius 1 is 1.31 bits per heavy atom. The quantitative estimate of drug-likeness (QED) is 0.581. The number of aryl methyl sites for hydroxylation is 1. The summed E-state index contributed by atoms with van der Waals surface area (Å²) in [4.78, 5) is 24.8. The lowest BCUT2D eigenvalue weighted by atomic mass is 10.1. The summed E-state index contributed by atoms with van der Waals surface area (Å²) in [5, 5.41) is 4.22. The second-order valence-electron chi connectivity index (χ2n) is 6.47. The highest BCUT2D eigenvalue weighted by atomic mass is 16.1. The third kappa shape index (κ3) is 2.94. The molecule has 1 atom stereocenters. The predicted molar refractivity (Wildman–Crippen MR) is 101 cm³/mol. The average Bonchev–Trinajstić information content (AvgIpc) is 3.21. The maximum absolute atomic E-state index is 12.7. The van der Waals surface area contributed by atoms with Gasteiger partial charge in [0.1, 0.15) is 0 Å². The van der Waals surface area contributed by atoms with E-state index in [4.69, 9.17) is 0 Å². The number of nitrogens with zero attached hydrogens (tertiary/aromatic N) is 3. The van der Waals surface area contributed by atoms with E-state index in [9.17, 15) is 4.79 Å². The number of carbonyl (C=O) groups excluding carboxylic acids is 1. The van der Waals surface area contributed by atoms with E-state index < -0.39 is 0 Å². The molecule has 132 valence electrons. The summed E-state index contributed by atoms with van der Waals surface area (Å²) in [5.41, 5.74) is 3.97. The van der Waals surface area contributed by atoms with Crippen molar-refractivity contribution in [3.8, 4) is 0 Å². The van der Waals surface area contributed by atoms with Crippen molar-refractivity contribution in [2.45, 2.75) is 32.7 Å². The van der Waals surface area contributed by atoms with Crippen molar-refractivity contribution in [3.05, 3.63) is 65.9 Å². The molecule has 4 rings (SSSR count). The number of fused-ring (bicyclic) bond motifs is 2. The van der Waals surface area contributed by atoms with E-state index in [0.29, 0.717) is 12.2 Å². The van der Waals surface area contributed by atoms with E-state index in [1.54, 1.807) is 6.20 Å². The normalized spacial score (nSPS) is 12.5. The average molecular weight is 347 g/mol. The second-order valence-corrected chi connectivity index (χ2v) is 6.47. The van der Waals surface area contributed by atoms with Crippen LogP contribution in [0.4, 0.5) is 0 Å². The fourth-order valence-corrected chi connectivity index (χ4v) is 3.37. The highest BCUT2D eigenvalue weighted by molar-refractivity contribution is 5.90. The minimum atomic E-state index is -0.130. The van der Waals surface area contributed by atoms with E-state index in [1.165, 1.54) is 0 Å². The van der Waals surface area contributed by atoms with Crippen LogP contribution in [0.1, 0.15) is 36.3 Å². The van der Waals surface area contributed by atoms with Crippen molar-refractivity contribution >= 4 is 22.6 Å². The first kappa shape index (κ1) is 16.3. The SMILES string of the molecule is CC[C@H](NC(=O)Cc1c(C)[nH]c2ccccc12)c1cn2cccnc2n1. The van der Waals surface area contributed by atoms with Crippen molar-refractivity contribution < 1.29 is 4.79 Å². The summed E-state index contributed by atoms with van der Waals surface area (Å²) in [6.07, 6.45) is 6.66. The molecule has 0 spiro atoms. The van der Waals surface area contributed by atoms with E-state index in [1.807, 2.05) is 61.0 Å². The zero-order valence-corrected chi connectivity index (χ0v) is 14.9. The number of carbonyl (C=O) groups is 1. The van der Waals surface area contributed by atoms with Gasteiger partial charge in [-0.2, -0.15) is 0 Å². The molecule has 0 fully saturated rings. The minimum absolute atomic E-state index is 0.00489. The fraction of sp³-hybridized carbons (Fsp3) is 0.250. The lowest BCUT2D eigenvalue weighted by Gasteiger charge is -2.14. The molecule has 0 saturated carbocycles. The Bertz CT molecular complexity index is 1050. The number of amides is 1. The Kier molecular flexibility index (Phi) is 4.16. The number of hydrogen-bond acceptors (Lipinski definition) is 3. The van der Waals surface area contributed by atoms with Crippen LogP contribution in [0.25, 0.3) is 16.7 Å². The van der Waals surface area contributed by atoms with Gasteiger partial charge in [-0.1, -0.05) is 25.1 Å². The molecule has 3 aromatic heterocycles. The molecule has 6 nitrogen and oxygen atoms in total. The number of hydrogen-bond donors (Lipinski definition) is 2. The van der Waals surface area contributed by atoms with E-state index >= 15 is 0 Å². The van der Waals surface area contributed by atoms with Gasteiger partial charge in [0.15, 0.2) is 0 Å². The molecular weight excluding hydrogens is 326 g/mol. The first-order valence-electron chi connectivity index (χ1n) is 8.81. The number of H-pyrrole nitrogens is 1. The van der Waals surface area contributed by atoms with Gasteiger partial charge >= 0.3 is 0 Å². The number of aromatic nitrogens is 4. The molecule has 0 aliphatic heterocycles. The molecule has 26 heavy (non-hydrogen) atoms. The predicted octanol–water partition coefficient (Wildman–Crippen LogP) is 3.33. The topological polar surface area (TPSA) is 75.1 Å². The number of aromatic amines is 1. The first-order valence-corrected chi connectivity index (χ1v) is 8.81. The van der Waals surface area contributed by atoms with Gasteiger partial charge in [0.25, 0.3) is 0 Å². The Morgan fingerprint density at radius 2 is 2.15 bits per heavy atom. The molecule has 0 bridgehead atoms. The van der Waals surface area contributed by atoms with Gasteiger partial charge < -0.3 is 10.3 Å². The van der Waals surface area contributed by atoms with Crippen LogP contribution in [0, 0.1) is 6.92 Å². The molecule has 3 heterocycles. The number of para-hydroxylation sites is 1. The monoisotopic (exact) mass is 347 g/mol. The summed E-state index contributed by atoms with van der Waals surface area (Å²) in [7, 11) is 0. The van der Waals surface area contributed by atoms with E-state index in [0.717, 1.165) is 34.3 Å². The van der Waals surface area contributed by atoms with Gasteiger partial charge in [0.05, 0.1) is 18.2 Å². The van der Waals surface area contributed by atoms with Crippen LogP contribution in [-0.4, -0.2) is 25.3 Å². The summed E-state index contributed by atoms with van der Waals surface area (Å²) >= 11 is 0. The Labute approximate surface area is 151 Å². The number of imidazole rings is 1. The molecule has 0 saturated heterocycles. The molecule has 6 heteroatoms. The van der Waals surface area contributed by atoms with Crippen molar-refractivity contribution in [3.63, 3.8) is 0 Å². The smallest absolute Gasteiger partial charge is 0.233 e. The summed E-state index contributed by atoms with van der Waals surface area (Å²) in [6, 6.07) is 9.80. The Morgan fingerprint density at radius 3 is 2.96 bits per heavy atom. The minimum Gasteiger partial charge on any atom is -0.358 e. The van der Waals surface area contributed by atoms with Crippen LogP contribution >= 0.6 is 0 Å². The number of nitrogens with one attached hydrogen (secondary N) is 2. The molecule has 1 aromatic carbocycles. The molecule has 0 aliphatic carbocycles. The molecule has 2 N–H and O–H groups in total. The Balaban J connectivity index is 1.55. The molecule has 0 unspecified atom stereocenters. The van der Waals surface area contributed by atoms with E-state index in [2.05, 4.69) is 20.3 Å². The van der Waals surface area contributed by atoms with Gasteiger partial charge in [0.2, 0.25) is 11.7 Å². The van der Waals surface area contributed by atoms with Crippen molar-refractivity contribution in [2.75, 3.05) is 0 Å². The third-order valence-corrected chi connectivity index (χ3v) is 4.72. The maximum atomic E-state index is 12.7. The third-order valence-electron chi connectivity index (χ3n) is 4.72. The van der Waals surface area contributed by atoms with E-state index in [-0.39, 0.29) is 11.9 Å². The van der Waals surface area contributed by atoms with Crippen LogP contribution in [0.2, 0.25) is 0 Å². The molecule has 0 radical (unpaired) electrons. The van der Waals surface area contributed by atoms with Crippen LogP contribution in [0.5, 0.6) is 0 Å². The summed E-state index contributed by atoms with van der Waals surface area (Å²) in [6.45, 7) is 4.05. The lowest BCUT2D eigenvalue weighted by molar-refractivity contribution is -0.121. The Hall–Kier alpha value is -3.15. The fourth-order valence-electron chi connectivity index (χ4n) is 3.37. The van der Waals surface area contributed by atoms with Gasteiger partial charge in [-0.3, -0.25) is 9.20 Å². The number of benzene rings is 1. The highest BCUT2D eigenvalue weighted by Crippen LogP contribution is 2.23. The number of rotatable bonds is 5. The first-order chi connectivity index (χ1) is 12.7. The van der Waals surface area contributed by atoms with Crippen LogP contribution in [0.15, 0.2) is 48.9 Å². The van der Waals surface area contributed by atoms with Gasteiger partial charge in [-0.25, -0.2) is 9.97 Å². The summed E-state index contributed by atoms with van der Waals surface area (Å²) in [5.74, 6) is 0.636. The molecular formula is C20H21N5O. The molecule has 1 amide bonds. The van der Waals surface area contributed by atoms with Crippen molar-refractivity contribution in [1.82, 2.24) is 24.7 Å².